The highest BCUT2D eigenvalue weighted by atomic mass is 19.1. The second kappa shape index (κ2) is 9.34. The van der Waals surface area contributed by atoms with Gasteiger partial charge in [0.2, 0.25) is 11.8 Å². The summed E-state index contributed by atoms with van der Waals surface area (Å²) in [7, 11) is 0. The molecule has 3 aliphatic rings. The number of likely N-dealkylation sites (tertiary alicyclic amines) is 1. The van der Waals surface area contributed by atoms with Gasteiger partial charge in [0, 0.05) is 18.2 Å². The first-order chi connectivity index (χ1) is 14.9. The number of aliphatic carboxylic acids is 1. The molecule has 2 amide bonds. The van der Waals surface area contributed by atoms with Gasteiger partial charge in [0.25, 0.3) is 0 Å². The van der Waals surface area contributed by atoms with E-state index >= 15 is 0 Å². The molecule has 0 radical (unpaired) electrons. The van der Waals surface area contributed by atoms with Crippen molar-refractivity contribution in [2.24, 2.45) is 5.92 Å². The summed E-state index contributed by atoms with van der Waals surface area (Å²) >= 11 is 0. The number of carboxylic acid groups (broad SMARTS) is 1. The van der Waals surface area contributed by atoms with Gasteiger partial charge in [-0.05, 0) is 81.6 Å². The molecule has 2 aliphatic heterocycles. The van der Waals surface area contributed by atoms with Crippen molar-refractivity contribution in [3.05, 3.63) is 29.6 Å². The zero-order chi connectivity index (χ0) is 22.0. The van der Waals surface area contributed by atoms with Gasteiger partial charge in [-0.3, -0.25) is 19.7 Å². The van der Waals surface area contributed by atoms with Crippen LogP contribution < -0.4 is 10.6 Å². The standard InChI is InChI=1S/C23H30FN3O4/c24-19-13-16(25-20-7-8-21(28)26-22(20)29)3-6-18(19)14-9-11-27(12-10-14)17-4-1-15(2-5-17)23(30)31/h3,6,13-15,17,20,25H,1-2,4-5,7-12H2,(H,30,31)(H,26,28,29)/t15-,17-,20?. The third-order valence-electron chi connectivity index (χ3n) is 7.11. The molecule has 1 aliphatic carbocycles. The molecule has 2 heterocycles. The molecule has 1 atom stereocenters. The Bertz CT molecular complexity index is 845. The zero-order valence-corrected chi connectivity index (χ0v) is 17.6. The van der Waals surface area contributed by atoms with E-state index in [2.05, 4.69) is 15.5 Å². The number of carboxylic acids is 1. The molecule has 1 unspecified atom stereocenters. The maximum absolute atomic E-state index is 14.9. The van der Waals surface area contributed by atoms with Crippen LogP contribution in [0.15, 0.2) is 18.2 Å². The number of nitrogens with one attached hydrogen (secondary N) is 2. The van der Waals surface area contributed by atoms with Crippen molar-refractivity contribution in [3.8, 4) is 0 Å². The number of nitrogens with zero attached hydrogens (tertiary/aromatic N) is 1. The van der Waals surface area contributed by atoms with Crippen LogP contribution in [0.2, 0.25) is 0 Å². The topological polar surface area (TPSA) is 98.7 Å². The summed E-state index contributed by atoms with van der Waals surface area (Å²) in [5, 5.41) is 14.5. The van der Waals surface area contributed by atoms with Gasteiger partial charge in [0.1, 0.15) is 11.9 Å². The molecule has 2 saturated heterocycles. The van der Waals surface area contributed by atoms with Gasteiger partial charge in [-0.15, -0.1) is 0 Å². The number of rotatable bonds is 5. The van der Waals surface area contributed by atoms with Crippen LogP contribution in [0.5, 0.6) is 0 Å². The fourth-order valence-corrected chi connectivity index (χ4v) is 5.24. The molecule has 0 bridgehead atoms. The van der Waals surface area contributed by atoms with Gasteiger partial charge < -0.3 is 15.3 Å². The average molecular weight is 432 g/mol. The van der Waals surface area contributed by atoms with E-state index in [0.717, 1.165) is 51.6 Å². The molecule has 3 N–H and O–H groups in total. The molecule has 0 spiro atoms. The maximum atomic E-state index is 14.9. The SMILES string of the molecule is O=C1CCC(Nc2ccc(C3CCN([C@H]4CC[C@H](C(=O)O)CC4)CC3)c(F)c2)C(=O)N1. The van der Waals surface area contributed by atoms with Gasteiger partial charge in [-0.1, -0.05) is 6.07 Å². The van der Waals surface area contributed by atoms with Crippen LogP contribution in [0.25, 0.3) is 0 Å². The van der Waals surface area contributed by atoms with Crippen LogP contribution >= 0.6 is 0 Å². The molecule has 7 nitrogen and oxygen atoms in total. The highest BCUT2D eigenvalue weighted by Crippen LogP contribution is 2.35. The molecular formula is C23H30FN3O4. The van der Waals surface area contributed by atoms with Crippen molar-refractivity contribution in [2.45, 2.75) is 69.4 Å². The smallest absolute Gasteiger partial charge is 0.306 e. The summed E-state index contributed by atoms with van der Waals surface area (Å²) in [5.74, 6) is -1.62. The molecule has 168 valence electrons. The molecule has 1 aromatic carbocycles. The lowest BCUT2D eigenvalue weighted by Crippen LogP contribution is -2.47. The Kier molecular flexibility index (Phi) is 6.55. The van der Waals surface area contributed by atoms with Crippen LogP contribution in [-0.2, 0) is 14.4 Å². The normalized spacial score (nSPS) is 28.2. The summed E-state index contributed by atoms with van der Waals surface area (Å²) < 4.78 is 14.9. The Hall–Kier alpha value is -2.48. The number of halogens is 1. The second-order valence-electron chi connectivity index (χ2n) is 9.04. The maximum Gasteiger partial charge on any atom is 0.306 e. The van der Waals surface area contributed by atoms with Crippen molar-refractivity contribution < 1.29 is 23.9 Å². The number of imide groups is 1. The van der Waals surface area contributed by atoms with Crippen molar-refractivity contribution in [1.29, 1.82) is 0 Å². The van der Waals surface area contributed by atoms with E-state index in [0.29, 0.717) is 23.7 Å². The predicted octanol–water partition coefficient (Wildman–Crippen LogP) is 2.87. The fraction of sp³-hybridized carbons (Fsp3) is 0.609. The third kappa shape index (κ3) is 5.06. The van der Waals surface area contributed by atoms with E-state index < -0.39 is 12.0 Å². The molecule has 0 aromatic heterocycles. The van der Waals surface area contributed by atoms with Crippen LogP contribution in [0, 0.1) is 11.7 Å². The molecule has 8 heteroatoms. The predicted molar refractivity (Wildman–Crippen MR) is 113 cm³/mol. The van der Waals surface area contributed by atoms with Crippen molar-refractivity contribution >= 4 is 23.5 Å². The van der Waals surface area contributed by atoms with Crippen LogP contribution in [-0.4, -0.2) is 53.0 Å². The van der Waals surface area contributed by atoms with E-state index in [1.165, 1.54) is 6.07 Å². The Morgan fingerprint density at radius 2 is 1.77 bits per heavy atom. The minimum Gasteiger partial charge on any atom is -0.481 e. The molecular weight excluding hydrogens is 401 g/mol. The summed E-state index contributed by atoms with van der Waals surface area (Å²) in [6.45, 7) is 1.81. The Balaban J connectivity index is 1.30. The third-order valence-corrected chi connectivity index (χ3v) is 7.11. The summed E-state index contributed by atoms with van der Waals surface area (Å²) in [4.78, 5) is 36.8. The Morgan fingerprint density at radius 3 is 2.39 bits per heavy atom. The monoisotopic (exact) mass is 431 g/mol. The van der Waals surface area contributed by atoms with Crippen molar-refractivity contribution in [1.82, 2.24) is 10.2 Å². The zero-order valence-electron chi connectivity index (χ0n) is 17.6. The van der Waals surface area contributed by atoms with Crippen LogP contribution in [0.3, 0.4) is 0 Å². The van der Waals surface area contributed by atoms with Crippen molar-refractivity contribution in [3.63, 3.8) is 0 Å². The Labute approximate surface area is 181 Å². The minimum atomic E-state index is -0.678. The molecule has 3 fully saturated rings. The number of hydrogen-bond donors (Lipinski definition) is 3. The summed E-state index contributed by atoms with van der Waals surface area (Å²) in [5.41, 5.74) is 1.26. The minimum absolute atomic E-state index is 0.163. The number of carbonyl (C=O) groups excluding carboxylic acids is 2. The van der Waals surface area contributed by atoms with Crippen LogP contribution in [0.4, 0.5) is 10.1 Å². The van der Waals surface area contributed by atoms with Gasteiger partial charge >= 0.3 is 5.97 Å². The van der Waals surface area contributed by atoms with E-state index in [1.807, 2.05) is 12.1 Å². The number of piperidine rings is 2. The van der Waals surface area contributed by atoms with Gasteiger partial charge in [0.05, 0.1) is 5.92 Å². The van der Waals surface area contributed by atoms with Crippen LogP contribution in [0.1, 0.15) is 62.8 Å². The van der Waals surface area contributed by atoms with Gasteiger partial charge in [-0.2, -0.15) is 0 Å². The van der Waals surface area contributed by atoms with Gasteiger partial charge in [-0.25, -0.2) is 4.39 Å². The average Bonchev–Trinajstić information content (AvgIpc) is 2.76. The first kappa shape index (κ1) is 21.7. The van der Waals surface area contributed by atoms with E-state index in [4.69, 9.17) is 5.11 Å². The number of amides is 2. The number of anilines is 1. The largest absolute Gasteiger partial charge is 0.481 e. The van der Waals surface area contributed by atoms with E-state index in [-0.39, 0.29) is 35.9 Å². The fourth-order valence-electron chi connectivity index (χ4n) is 5.24. The van der Waals surface area contributed by atoms with E-state index in [1.54, 1.807) is 0 Å². The van der Waals surface area contributed by atoms with Gasteiger partial charge in [0.15, 0.2) is 0 Å². The van der Waals surface area contributed by atoms with E-state index in [9.17, 15) is 18.8 Å². The Morgan fingerprint density at radius 1 is 1.06 bits per heavy atom. The first-order valence-electron chi connectivity index (χ1n) is 11.3. The lowest BCUT2D eigenvalue weighted by Gasteiger charge is -2.40. The quantitative estimate of drug-likeness (QED) is 0.620. The summed E-state index contributed by atoms with van der Waals surface area (Å²) in [6, 6.07) is 4.98. The molecule has 1 saturated carbocycles. The van der Waals surface area contributed by atoms with Crippen molar-refractivity contribution in [2.75, 3.05) is 18.4 Å². The molecule has 31 heavy (non-hydrogen) atoms. The second-order valence-corrected chi connectivity index (χ2v) is 9.04. The highest BCUT2D eigenvalue weighted by Gasteiger charge is 2.32. The first-order valence-corrected chi connectivity index (χ1v) is 11.3. The number of hydrogen-bond acceptors (Lipinski definition) is 5. The molecule has 1 aromatic rings. The lowest BCUT2D eigenvalue weighted by molar-refractivity contribution is -0.143. The number of carbonyl (C=O) groups is 3. The summed E-state index contributed by atoms with van der Waals surface area (Å²) in [6.07, 6.45) is 5.80. The molecule has 4 rings (SSSR count). The number of benzene rings is 1. The lowest BCUT2D eigenvalue weighted by atomic mass is 9.83. The highest BCUT2D eigenvalue weighted by molar-refractivity contribution is 6.01.